The summed E-state index contributed by atoms with van der Waals surface area (Å²) in [5.41, 5.74) is 1.38. The van der Waals surface area contributed by atoms with Gasteiger partial charge in [-0.25, -0.2) is 4.98 Å². The molecule has 0 radical (unpaired) electrons. The maximum absolute atomic E-state index is 12.9. The van der Waals surface area contributed by atoms with Gasteiger partial charge < -0.3 is 19.1 Å². The van der Waals surface area contributed by atoms with Crippen LogP contribution in [0, 0.1) is 0 Å². The minimum Gasteiger partial charge on any atom is -0.493 e. The van der Waals surface area contributed by atoms with Crippen molar-refractivity contribution < 1.29 is 19.0 Å². The smallest absolute Gasteiger partial charge is 0.254 e. The van der Waals surface area contributed by atoms with Crippen LogP contribution < -0.4 is 9.47 Å². The summed E-state index contributed by atoms with van der Waals surface area (Å²) >= 11 is 7.43. The molecule has 0 saturated carbocycles. The molecule has 0 bridgehead atoms. The molecule has 1 aromatic heterocycles. The van der Waals surface area contributed by atoms with E-state index in [1.165, 1.54) is 11.3 Å². The third kappa shape index (κ3) is 5.95. The lowest BCUT2D eigenvalue weighted by molar-refractivity contribution is 0.0678. The van der Waals surface area contributed by atoms with Crippen LogP contribution in [0.1, 0.15) is 21.1 Å². The maximum Gasteiger partial charge on any atom is 0.254 e. The molecular weight excluding hydrogens is 424 g/mol. The van der Waals surface area contributed by atoms with Crippen LogP contribution in [0.15, 0.2) is 53.9 Å². The Labute approximate surface area is 185 Å². The number of para-hydroxylation sites is 2. The van der Waals surface area contributed by atoms with Crippen molar-refractivity contribution in [2.45, 2.75) is 13.2 Å². The zero-order chi connectivity index (χ0) is 21.3. The van der Waals surface area contributed by atoms with E-state index in [0.717, 1.165) is 10.7 Å². The number of aromatic nitrogens is 1. The van der Waals surface area contributed by atoms with Crippen LogP contribution in [0.4, 0.5) is 0 Å². The van der Waals surface area contributed by atoms with Crippen LogP contribution in [0.5, 0.6) is 11.5 Å². The molecule has 0 saturated heterocycles. The second kappa shape index (κ2) is 11.0. The molecule has 2 aromatic carbocycles. The predicted molar refractivity (Wildman–Crippen MR) is 118 cm³/mol. The van der Waals surface area contributed by atoms with Crippen molar-refractivity contribution in [3.8, 4) is 11.5 Å². The number of nitrogens with zero attached hydrogens (tertiary/aromatic N) is 2. The molecule has 0 N–H and O–H groups in total. The summed E-state index contributed by atoms with van der Waals surface area (Å²) in [6.45, 7) is 1.61. The van der Waals surface area contributed by atoms with Gasteiger partial charge in [-0.15, -0.1) is 11.3 Å². The van der Waals surface area contributed by atoms with Gasteiger partial charge in [0.2, 0.25) is 0 Å². The quantitative estimate of drug-likeness (QED) is 0.452. The van der Waals surface area contributed by atoms with Gasteiger partial charge >= 0.3 is 0 Å². The summed E-state index contributed by atoms with van der Waals surface area (Å²) in [7, 11) is 3.22. The lowest BCUT2D eigenvalue weighted by Gasteiger charge is -2.21. The van der Waals surface area contributed by atoms with Gasteiger partial charge in [0, 0.05) is 29.6 Å². The molecule has 1 amide bonds. The molecule has 1 heterocycles. The molecule has 158 valence electrons. The second-order valence-corrected chi connectivity index (χ2v) is 7.78. The predicted octanol–water partition coefficient (Wildman–Crippen LogP) is 4.67. The third-order valence-corrected chi connectivity index (χ3v) is 5.44. The number of methoxy groups -OCH3 is 2. The van der Waals surface area contributed by atoms with Crippen molar-refractivity contribution in [3.05, 3.63) is 75.2 Å². The average Bonchev–Trinajstić information content (AvgIpc) is 3.22. The van der Waals surface area contributed by atoms with Crippen molar-refractivity contribution >= 4 is 28.8 Å². The molecular formula is C22H23ClN2O4S. The summed E-state index contributed by atoms with van der Waals surface area (Å²) in [5.74, 6) is 1.24. The van der Waals surface area contributed by atoms with E-state index in [1.807, 2.05) is 29.6 Å². The fourth-order valence-corrected chi connectivity index (χ4v) is 3.61. The minimum atomic E-state index is -0.0939. The molecule has 0 aliphatic carbocycles. The number of carbonyl (C=O) groups excluding carboxylic acids is 1. The molecule has 8 heteroatoms. The van der Waals surface area contributed by atoms with E-state index in [1.54, 1.807) is 43.4 Å². The summed E-state index contributed by atoms with van der Waals surface area (Å²) in [6.07, 6.45) is 0. The molecule has 0 aliphatic heterocycles. The zero-order valence-electron chi connectivity index (χ0n) is 16.8. The largest absolute Gasteiger partial charge is 0.493 e. The van der Waals surface area contributed by atoms with Crippen LogP contribution in [0.3, 0.4) is 0 Å². The fraction of sp³-hybridized carbons (Fsp3) is 0.273. The Morgan fingerprint density at radius 2 is 1.83 bits per heavy atom. The van der Waals surface area contributed by atoms with E-state index in [2.05, 4.69) is 4.98 Å². The highest BCUT2D eigenvalue weighted by Crippen LogP contribution is 2.27. The van der Waals surface area contributed by atoms with Crippen molar-refractivity contribution in [2.24, 2.45) is 0 Å². The molecule has 6 nitrogen and oxygen atoms in total. The number of rotatable bonds is 10. The summed E-state index contributed by atoms with van der Waals surface area (Å²) in [5, 5.41) is 3.35. The highest BCUT2D eigenvalue weighted by atomic mass is 35.5. The Morgan fingerprint density at radius 1 is 1.10 bits per heavy atom. The fourth-order valence-electron chi connectivity index (χ4n) is 2.79. The van der Waals surface area contributed by atoms with E-state index in [9.17, 15) is 4.79 Å². The first-order chi connectivity index (χ1) is 14.6. The Bertz CT molecular complexity index is 962. The second-order valence-electron chi connectivity index (χ2n) is 6.40. The number of ether oxygens (including phenoxy) is 3. The molecule has 0 unspecified atom stereocenters. The van der Waals surface area contributed by atoms with Crippen molar-refractivity contribution in [1.82, 2.24) is 9.88 Å². The molecule has 30 heavy (non-hydrogen) atoms. The SMILES string of the molecule is COCCN(Cc1csc(COc2ccccc2OC)n1)C(=O)c1ccc(Cl)cc1. The molecule has 3 rings (SSSR count). The van der Waals surface area contributed by atoms with E-state index in [-0.39, 0.29) is 5.91 Å². The van der Waals surface area contributed by atoms with E-state index in [4.69, 9.17) is 25.8 Å². The van der Waals surface area contributed by atoms with E-state index in [0.29, 0.717) is 48.4 Å². The third-order valence-electron chi connectivity index (χ3n) is 4.32. The number of carbonyl (C=O) groups is 1. The van der Waals surface area contributed by atoms with Gasteiger partial charge in [0.05, 0.1) is 26.0 Å². The van der Waals surface area contributed by atoms with Crippen molar-refractivity contribution in [3.63, 3.8) is 0 Å². The number of halogens is 1. The molecule has 0 spiro atoms. The average molecular weight is 447 g/mol. The van der Waals surface area contributed by atoms with E-state index < -0.39 is 0 Å². The number of thiazole rings is 1. The highest BCUT2D eigenvalue weighted by Gasteiger charge is 2.18. The van der Waals surface area contributed by atoms with Crippen LogP contribution in [0.25, 0.3) is 0 Å². The van der Waals surface area contributed by atoms with Crippen LogP contribution in [0.2, 0.25) is 5.02 Å². The molecule has 0 fully saturated rings. The zero-order valence-corrected chi connectivity index (χ0v) is 18.4. The first kappa shape index (κ1) is 22.1. The van der Waals surface area contributed by atoms with Gasteiger partial charge in [-0.05, 0) is 36.4 Å². The molecule has 0 atom stereocenters. The topological polar surface area (TPSA) is 60.9 Å². The minimum absolute atomic E-state index is 0.0939. The van der Waals surface area contributed by atoms with Crippen LogP contribution >= 0.6 is 22.9 Å². The molecule has 0 aliphatic rings. The summed E-state index contributed by atoms with van der Waals surface area (Å²) < 4.78 is 16.3. The normalized spacial score (nSPS) is 10.6. The molecule has 3 aromatic rings. The number of amides is 1. The highest BCUT2D eigenvalue weighted by molar-refractivity contribution is 7.09. The monoisotopic (exact) mass is 446 g/mol. The van der Waals surface area contributed by atoms with Gasteiger partial charge in [-0.1, -0.05) is 23.7 Å². The van der Waals surface area contributed by atoms with Crippen molar-refractivity contribution in [2.75, 3.05) is 27.4 Å². The van der Waals surface area contributed by atoms with Crippen LogP contribution in [-0.4, -0.2) is 43.2 Å². The number of benzene rings is 2. The van der Waals surface area contributed by atoms with Crippen molar-refractivity contribution in [1.29, 1.82) is 0 Å². The van der Waals surface area contributed by atoms with Crippen LogP contribution in [-0.2, 0) is 17.9 Å². The maximum atomic E-state index is 12.9. The Balaban J connectivity index is 1.66. The summed E-state index contributed by atoms with van der Waals surface area (Å²) in [4.78, 5) is 19.2. The van der Waals surface area contributed by atoms with Gasteiger partial charge in [0.15, 0.2) is 11.5 Å². The Morgan fingerprint density at radius 3 is 2.53 bits per heavy atom. The van der Waals surface area contributed by atoms with Gasteiger partial charge in [0.25, 0.3) is 5.91 Å². The summed E-state index contributed by atoms with van der Waals surface area (Å²) in [6, 6.07) is 14.3. The standard InChI is InChI=1S/C22H23ClN2O4S/c1-27-12-11-25(22(26)16-7-9-17(23)10-8-16)13-18-15-30-21(24-18)14-29-20-6-4-3-5-19(20)28-2/h3-10,15H,11-14H2,1-2H3. The van der Waals surface area contributed by atoms with Gasteiger partial charge in [0.1, 0.15) is 11.6 Å². The Kier molecular flexibility index (Phi) is 8.07. The Hall–Kier alpha value is -2.61. The first-order valence-electron chi connectivity index (χ1n) is 9.33. The first-order valence-corrected chi connectivity index (χ1v) is 10.6. The van der Waals surface area contributed by atoms with Gasteiger partial charge in [-0.2, -0.15) is 0 Å². The van der Waals surface area contributed by atoms with Gasteiger partial charge in [-0.3, -0.25) is 4.79 Å². The lowest BCUT2D eigenvalue weighted by atomic mass is 10.2. The number of hydrogen-bond acceptors (Lipinski definition) is 6. The number of hydrogen-bond donors (Lipinski definition) is 0. The van der Waals surface area contributed by atoms with E-state index >= 15 is 0 Å². The lowest BCUT2D eigenvalue weighted by Crippen LogP contribution is -2.33.